The first kappa shape index (κ1) is 21.5. The smallest absolute Gasteiger partial charge is 0.242 e. The van der Waals surface area contributed by atoms with E-state index in [1.54, 1.807) is 13.2 Å². The third-order valence-corrected chi connectivity index (χ3v) is 6.09. The highest BCUT2D eigenvalue weighted by atomic mass is 32.2. The molecule has 4 rings (SSSR count). The lowest BCUT2D eigenvalue weighted by Crippen LogP contribution is -2.20. The number of nitrogens with zero attached hydrogens (tertiary/aromatic N) is 3. The minimum atomic E-state index is -0.584. The first-order chi connectivity index (χ1) is 15.5. The van der Waals surface area contributed by atoms with E-state index in [1.165, 1.54) is 16.4 Å². The summed E-state index contributed by atoms with van der Waals surface area (Å²) in [5.74, 6) is 7.31. The molecule has 0 bridgehead atoms. The summed E-state index contributed by atoms with van der Waals surface area (Å²) in [6.45, 7) is 2.02. The number of methoxy groups -OCH3 is 1. The van der Waals surface area contributed by atoms with Gasteiger partial charge in [-0.15, -0.1) is 10.2 Å². The van der Waals surface area contributed by atoms with Crippen LogP contribution in [0.2, 0.25) is 0 Å². The number of thioether (sulfide) groups is 1. The molecule has 7 nitrogen and oxygen atoms in total. The van der Waals surface area contributed by atoms with Gasteiger partial charge in [-0.05, 0) is 24.6 Å². The molecule has 0 radical (unpaired) electrons. The summed E-state index contributed by atoms with van der Waals surface area (Å²) in [5, 5.41) is 11.3. The molecule has 0 spiro atoms. The van der Waals surface area contributed by atoms with Crippen molar-refractivity contribution in [3.63, 3.8) is 0 Å². The van der Waals surface area contributed by atoms with E-state index >= 15 is 0 Å². The summed E-state index contributed by atoms with van der Waals surface area (Å²) in [4.78, 5) is 13.3. The standard InChI is InChI=1S/C24H23N5O2S/c1-16-11-13-18(14-12-16)22-27-28-24(29(22)25)32-21(17-7-4-3-5-8-17)23(30)26-19-9-6-10-20(15-19)31-2/h3-15,21H,25H2,1-2H3,(H,26,30)/t21-/m1/s1. The maximum absolute atomic E-state index is 13.3. The summed E-state index contributed by atoms with van der Waals surface area (Å²) in [7, 11) is 1.59. The van der Waals surface area contributed by atoms with E-state index in [0.29, 0.717) is 22.4 Å². The van der Waals surface area contributed by atoms with Crippen molar-refractivity contribution >= 4 is 23.4 Å². The minimum absolute atomic E-state index is 0.200. The Morgan fingerprint density at radius 2 is 1.78 bits per heavy atom. The first-order valence-corrected chi connectivity index (χ1v) is 10.9. The number of nitrogens with one attached hydrogen (secondary N) is 1. The van der Waals surface area contributed by atoms with Crippen molar-refractivity contribution in [2.45, 2.75) is 17.3 Å². The number of aromatic nitrogens is 3. The number of amides is 1. The predicted octanol–water partition coefficient (Wildman–Crippen LogP) is 4.45. The molecule has 0 saturated carbocycles. The highest BCUT2D eigenvalue weighted by molar-refractivity contribution is 8.00. The Labute approximate surface area is 190 Å². The molecule has 1 amide bonds. The molecule has 0 unspecified atom stereocenters. The van der Waals surface area contributed by atoms with Crippen molar-refractivity contribution in [2.24, 2.45) is 0 Å². The minimum Gasteiger partial charge on any atom is -0.497 e. The number of carbonyl (C=O) groups is 1. The van der Waals surface area contributed by atoms with Crippen LogP contribution in [0, 0.1) is 6.92 Å². The molecular formula is C24H23N5O2S. The van der Waals surface area contributed by atoms with Crippen LogP contribution in [-0.4, -0.2) is 27.9 Å². The summed E-state index contributed by atoms with van der Waals surface area (Å²) in [6, 6.07) is 24.6. The van der Waals surface area contributed by atoms with Crippen LogP contribution < -0.4 is 15.9 Å². The van der Waals surface area contributed by atoms with Crippen molar-refractivity contribution in [1.82, 2.24) is 14.9 Å². The molecular weight excluding hydrogens is 422 g/mol. The van der Waals surface area contributed by atoms with Gasteiger partial charge in [-0.2, -0.15) is 0 Å². The van der Waals surface area contributed by atoms with E-state index in [0.717, 1.165) is 16.7 Å². The van der Waals surface area contributed by atoms with Crippen LogP contribution in [0.15, 0.2) is 84.0 Å². The molecule has 0 saturated heterocycles. The lowest BCUT2D eigenvalue weighted by Gasteiger charge is -2.17. The second-order valence-electron chi connectivity index (χ2n) is 7.17. The van der Waals surface area contributed by atoms with Crippen LogP contribution in [0.3, 0.4) is 0 Å². The number of hydrogen-bond donors (Lipinski definition) is 2. The molecule has 162 valence electrons. The summed E-state index contributed by atoms with van der Waals surface area (Å²) < 4.78 is 6.67. The summed E-state index contributed by atoms with van der Waals surface area (Å²) in [6.07, 6.45) is 0. The van der Waals surface area contributed by atoms with Gasteiger partial charge in [0.15, 0.2) is 5.82 Å². The second-order valence-corrected chi connectivity index (χ2v) is 8.24. The molecule has 1 atom stereocenters. The number of nitrogens with two attached hydrogens (primary N) is 1. The van der Waals surface area contributed by atoms with Crippen LogP contribution in [-0.2, 0) is 4.79 Å². The fourth-order valence-electron chi connectivity index (χ4n) is 3.17. The van der Waals surface area contributed by atoms with Gasteiger partial charge in [0.05, 0.1) is 7.11 Å². The number of rotatable bonds is 7. The van der Waals surface area contributed by atoms with Gasteiger partial charge in [0.1, 0.15) is 11.0 Å². The number of hydrogen-bond acceptors (Lipinski definition) is 6. The first-order valence-electron chi connectivity index (χ1n) is 9.99. The molecule has 8 heteroatoms. The highest BCUT2D eigenvalue weighted by Gasteiger charge is 2.26. The molecule has 0 aliphatic carbocycles. The van der Waals surface area contributed by atoms with E-state index in [1.807, 2.05) is 79.7 Å². The maximum Gasteiger partial charge on any atom is 0.242 e. The van der Waals surface area contributed by atoms with Gasteiger partial charge < -0.3 is 15.9 Å². The number of nitrogen functional groups attached to an aromatic ring is 1. The molecule has 32 heavy (non-hydrogen) atoms. The lowest BCUT2D eigenvalue weighted by atomic mass is 10.1. The fourth-order valence-corrected chi connectivity index (χ4v) is 4.13. The van der Waals surface area contributed by atoms with Crippen molar-refractivity contribution in [1.29, 1.82) is 0 Å². The SMILES string of the molecule is COc1cccc(NC(=O)[C@H](Sc2nnc(-c3ccc(C)cc3)n2N)c2ccccc2)c1. The third-order valence-electron chi connectivity index (χ3n) is 4.88. The van der Waals surface area contributed by atoms with Gasteiger partial charge in [-0.1, -0.05) is 78.0 Å². The van der Waals surface area contributed by atoms with Crippen LogP contribution in [0.5, 0.6) is 5.75 Å². The highest BCUT2D eigenvalue weighted by Crippen LogP contribution is 2.36. The van der Waals surface area contributed by atoms with Gasteiger partial charge in [-0.3, -0.25) is 4.79 Å². The topological polar surface area (TPSA) is 95.1 Å². The Hall–Kier alpha value is -3.78. The Balaban J connectivity index is 1.62. The van der Waals surface area contributed by atoms with Gasteiger partial charge >= 0.3 is 0 Å². The normalized spacial score (nSPS) is 11.7. The molecule has 3 aromatic carbocycles. The largest absolute Gasteiger partial charge is 0.497 e. The Morgan fingerprint density at radius 1 is 1.03 bits per heavy atom. The zero-order valence-corrected chi connectivity index (χ0v) is 18.5. The van der Waals surface area contributed by atoms with E-state index in [9.17, 15) is 4.79 Å². The Kier molecular flexibility index (Phi) is 6.42. The van der Waals surface area contributed by atoms with E-state index < -0.39 is 5.25 Å². The zero-order chi connectivity index (χ0) is 22.5. The monoisotopic (exact) mass is 445 g/mol. The molecule has 0 aliphatic heterocycles. The summed E-state index contributed by atoms with van der Waals surface area (Å²) in [5.41, 5.74) is 3.47. The maximum atomic E-state index is 13.3. The molecule has 0 aliphatic rings. The predicted molar refractivity (Wildman–Crippen MR) is 127 cm³/mol. The van der Waals surface area contributed by atoms with Crippen LogP contribution in [0.4, 0.5) is 5.69 Å². The van der Waals surface area contributed by atoms with Crippen LogP contribution in [0.25, 0.3) is 11.4 Å². The Bertz CT molecular complexity index is 1210. The molecule has 4 aromatic rings. The quantitative estimate of drug-likeness (QED) is 0.322. The number of aryl methyl sites for hydroxylation is 1. The lowest BCUT2D eigenvalue weighted by molar-refractivity contribution is -0.115. The number of anilines is 1. The van der Waals surface area contributed by atoms with E-state index in [-0.39, 0.29) is 5.91 Å². The Morgan fingerprint density at radius 3 is 2.50 bits per heavy atom. The number of ether oxygens (including phenoxy) is 1. The van der Waals surface area contributed by atoms with Crippen LogP contribution in [0.1, 0.15) is 16.4 Å². The average molecular weight is 446 g/mol. The van der Waals surface area contributed by atoms with Crippen molar-refractivity contribution in [3.05, 3.63) is 90.0 Å². The second kappa shape index (κ2) is 9.57. The molecule has 1 aromatic heterocycles. The van der Waals surface area contributed by atoms with Gasteiger partial charge in [0, 0.05) is 17.3 Å². The number of benzene rings is 3. The number of carbonyl (C=O) groups excluding carboxylic acids is 1. The third kappa shape index (κ3) is 4.76. The molecule has 0 fully saturated rings. The fraction of sp³-hybridized carbons (Fsp3) is 0.125. The van der Waals surface area contributed by atoms with E-state index in [2.05, 4.69) is 15.5 Å². The molecule has 1 heterocycles. The summed E-state index contributed by atoms with van der Waals surface area (Å²) >= 11 is 1.25. The zero-order valence-electron chi connectivity index (χ0n) is 17.7. The van der Waals surface area contributed by atoms with Gasteiger partial charge in [0.2, 0.25) is 11.1 Å². The molecule has 3 N–H and O–H groups in total. The van der Waals surface area contributed by atoms with Gasteiger partial charge in [0.25, 0.3) is 0 Å². The average Bonchev–Trinajstić information content (AvgIpc) is 3.18. The van der Waals surface area contributed by atoms with Gasteiger partial charge in [-0.25, -0.2) is 4.68 Å². The van der Waals surface area contributed by atoms with Crippen molar-refractivity contribution < 1.29 is 9.53 Å². The van der Waals surface area contributed by atoms with E-state index in [4.69, 9.17) is 10.6 Å². The van der Waals surface area contributed by atoms with Crippen molar-refractivity contribution in [3.8, 4) is 17.1 Å². The van der Waals surface area contributed by atoms with Crippen LogP contribution >= 0.6 is 11.8 Å². The van der Waals surface area contributed by atoms with Crippen molar-refractivity contribution in [2.75, 3.05) is 18.3 Å².